The molecule has 9 heteroatoms. The highest BCUT2D eigenvalue weighted by atomic mass is 35.5. The molecule has 0 fully saturated rings. The number of anilines is 1. The number of hydrogen-bond acceptors (Lipinski definition) is 5. The van der Waals surface area contributed by atoms with Crippen LogP contribution in [0.25, 0.3) is 0 Å². The predicted octanol–water partition coefficient (Wildman–Crippen LogP) is 2.47. The molecule has 7 nitrogen and oxygen atoms in total. The molecule has 0 unspecified atom stereocenters. The fraction of sp³-hybridized carbons (Fsp3) is 0.176. The van der Waals surface area contributed by atoms with E-state index in [0.717, 1.165) is 0 Å². The van der Waals surface area contributed by atoms with Gasteiger partial charge in [-0.2, -0.15) is 0 Å². The number of ketones is 1. The Morgan fingerprint density at radius 1 is 1.12 bits per heavy atom. The van der Waals surface area contributed by atoms with Crippen LogP contribution in [0.2, 0.25) is 5.02 Å². The lowest BCUT2D eigenvalue weighted by Gasteiger charge is -2.09. The highest BCUT2D eigenvalue weighted by Crippen LogP contribution is 2.26. The normalized spacial score (nSPS) is 11.0. The van der Waals surface area contributed by atoms with Crippen LogP contribution in [0.15, 0.2) is 47.4 Å². The van der Waals surface area contributed by atoms with E-state index in [2.05, 4.69) is 10.0 Å². The summed E-state index contributed by atoms with van der Waals surface area (Å²) in [4.78, 5) is 23.1. The summed E-state index contributed by atoms with van der Waals surface area (Å²) in [7, 11) is -2.49. The number of benzene rings is 2. The number of halogens is 1. The van der Waals surface area contributed by atoms with Crippen molar-refractivity contribution in [2.75, 3.05) is 19.0 Å². The van der Waals surface area contributed by atoms with Crippen LogP contribution in [-0.4, -0.2) is 33.8 Å². The van der Waals surface area contributed by atoms with E-state index in [-0.39, 0.29) is 15.7 Å². The van der Waals surface area contributed by atoms with E-state index in [1.807, 2.05) is 0 Å². The van der Waals surface area contributed by atoms with Gasteiger partial charge in [-0.05, 0) is 49.4 Å². The topological polar surface area (TPSA) is 102 Å². The summed E-state index contributed by atoms with van der Waals surface area (Å²) < 4.78 is 31.6. The molecule has 0 saturated carbocycles. The molecule has 0 saturated heterocycles. The van der Waals surface area contributed by atoms with Crippen LogP contribution in [0, 0.1) is 0 Å². The van der Waals surface area contributed by atoms with Gasteiger partial charge in [-0.1, -0.05) is 11.6 Å². The highest BCUT2D eigenvalue weighted by Gasteiger charge is 2.17. The van der Waals surface area contributed by atoms with Crippen molar-refractivity contribution >= 4 is 39.0 Å². The molecule has 2 N–H and O–H groups in total. The van der Waals surface area contributed by atoms with E-state index in [0.29, 0.717) is 17.0 Å². The largest absolute Gasteiger partial charge is 0.495 e. The Hall–Kier alpha value is -2.42. The molecular formula is C17H17ClN2O5S. The average molecular weight is 397 g/mol. The SMILES string of the molecule is COc1ccc(S(=O)(=O)NCC(=O)Nc2ccc(C(C)=O)cc2)cc1Cl. The minimum Gasteiger partial charge on any atom is -0.495 e. The van der Waals surface area contributed by atoms with Crippen LogP contribution in [0.5, 0.6) is 5.75 Å². The van der Waals surface area contributed by atoms with Crippen molar-refractivity contribution in [1.29, 1.82) is 0 Å². The van der Waals surface area contributed by atoms with Crippen LogP contribution in [0.3, 0.4) is 0 Å². The molecule has 0 aliphatic rings. The van der Waals surface area contributed by atoms with Gasteiger partial charge in [0.25, 0.3) is 0 Å². The summed E-state index contributed by atoms with van der Waals surface area (Å²) in [5.74, 6) is -0.296. The Labute approximate surface area is 156 Å². The first-order chi connectivity index (χ1) is 12.2. The van der Waals surface area contributed by atoms with Crippen molar-refractivity contribution in [2.24, 2.45) is 0 Å². The van der Waals surface area contributed by atoms with E-state index in [1.165, 1.54) is 32.2 Å². The van der Waals surface area contributed by atoms with Gasteiger partial charge in [-0.3, -0.25) is 9.59 Å². The molecule has 0 aliphatic heterocycles. The second-order valence-corrected chi connectivity index (χ2v) is 7.48. The number of nitrogens with one attached hydrogen (secondary N) is 2. The monoisotopic (exact) mass is 396 g/mol. The van der Waals surface area contributed by atoms with E-state index < -0.39 is 22.5 Å². The van der Waals surface area contributed by atoms with Gasteiger partial charge in [0.15, 0.2) is 5.78 Å². The fourth-order valence-electron chi connectivity index (χ4n) is 2.05. The zero-order valence-corrected chi connectivity index (χ0v) is 15.6. The van der Waals surface area contributed by atoms with Gasteiger partial charge in [0.2, 0.25) is 15.9 Å². The van der Waals surface area contributed by atoms with Gasteiger partial charge in [0, 0.05) is 11.3 Å². The lowest BCUT2D eigenvalue weighted by atomic mass is 10.1. The molecule has 0 spiro atoms. The lowest BCUT2D eigenvalue weighted by Crippen LogP contribution is -2.32. The number of hydrogen-bond donors (Lipinski definition) is 2. The van der Waals surface area contributed by atoms with Crippen LogP contribution >= 0.6 is 11.6 Å². The van der Waals surface area contributed by atoms with Gasteiger partial charge in [-0.15, -0.1) is 0 Å². The number of amides is 1. The van der Waals surface area contributed by atoms with Crippen molar-refractivity contribution in [3.63, 3.8) is 0 Å². The average Bonchev–Trinajstić information content (AvgIpc) is 2.60. The number of methoxy groups -OCH3 is 1. The molecule has 2 aromatic rings. The minimum absolute atomic E-state index is 0.0816. The van der Waals surface area contributed by atoms with Gasteiger partial charge >= 0.3 is 0 Å². The van der Waals surface area contributed by atoms with Gasteiger partial charge < -0.3 is 10.1 Å². The first-order valence-electron chi connectivity index (χ1n) is 7.47. The number of carbonyl (C=O) groups excluding carboxylic acids is 2. The fourth-order valence-corrected chi connectivity index (χ4v) is 3.38. The number of Topliss-reactive ketones (excluding diaryl/α,β-unsaturated/α-hetero) is 1. The van der Waals surface area contributed by atoms with Crippen LogP contribution in [0.4, 0.5) is 5.69 Å². The minimum atomic E-state index is -3.91. The molecular weight excluding hydrogens is 380 g/mol. The third-order valence-electron chi connectivity index (χ3n) is 3.43. The van der Waals surface area contributed by atoms with Gasteiger partial charge in [0.05, 0.1) is 23.6 Å². The van der Waals surface area contributed by atoms with E-state index in [4.69, 9.17) is 16.3 Å². The van der Waals surface area contributed by atoms with Crippen LogP contribution < -0.4 is 14.8 Å². The zero-order chi connectivity index (χ0) is 19.3. The Morgan fingerprint density at radius 3 is 2.31 bits per heavy atom. The number of sulfonamides is 1. The number of ether oxygens (including phenoxy) is 1. The number of rotatable bonds is 7. The van der Waals surface area contributed by atoms with E-state index in [9.17, 15) is 18.0 Å². The standard InChI is InChI=1S/C17H17ClN2O5S/c1-11(21)12-3-5-13(6-4-12)20-17(22)10-19-26(23,24)14-7-8-16(25-2)15(18)9-14/h3-9,19H,10H2,1-2H3,(H,20,22). The predicted molar refractivity (Wildman–Crippen MR) is 98.3 cm³/mol. The van der Waals surface area contributed by atoms with Gasteiger partial charge in [-0.25, -0.2) is 13.1 Å². The summed E-state index contributed by atoms with van der Waals surface area (Å²) >= 11 is 5.92. The van der Waals surface area contributed by atoms with E-state index >= 15 is 0 Å². The molecule has 0 heterocycles. The highest BCUT2D eigenvalue weighted by molar-refractivity contribution is 7.89. The summed E-state index contributed by atoms with van der Waals surface area (Å²) in [6, 6.07) is 10.3. The van der Waals surface area contributed by atoms with Crippen molar-refractivity contribution in [1.82, 2.24) is 4.72 Å². The third-order valence-corrected chi connectivity index (χ3v) is 5.13. The maximum atomic E-state index is 12.2. The number of carbonyl (C=O) groups is 2. The Balaban J connectivity index is 1.99. The summed E-state index contributed by atoms with van der Waals surface area (Å²) in [6.45, 7) is 0.980. The molecule has 0 radical (unpaired) electrons. The molecule has 2 rings (SSSR count). The first kappa shape index (κ1) is 19.9. The van der Waals surface area contributed by atoms with Crippen molar-refractivity contribution < 1.29 is 22.7 Å². The third kappa shape index (κ3) is 5.04. The smallest absolute Gasteiger partial charge is 0.241 e. The van der Waals surface area contributed by atoms with Crippen molar-refractivity contribution in [3.05, 3.63) is 53.1 Å². The Kier molecular flexibility index (Phi) is 6.36. The lowest BCUT2D eigenvalue weighted by molar-refractivity contribution is -0.115. The summed E-state index contributed by atoms with van der Waals surface area (Å²) in [5, 5.41) is 2.68. The van der Waals surface area contributed by atoms with Crippen molar-refractivity contribution in [3.8, 4) is 5.75 Å². The molecule has 1 amide bonds. The van der Waals surface area contributed by atoms with Crippen LogP contribution in [-0.2, 0) is 14.8 Å². The molecule has 2 aromatic carbocycles. The second-order valence-electron chi connectivity index (χ2n) is 5.30. The first-order valence-corrected chi connectivity index (χ1v) is 9.33. The maximum absolute atomic E-state index is 12.2. The van der Waals surface area contributed by atoms with Crippen LogP contribution in [0.1, 0.15) is 17.3 Å². The van der Waals surface area contributed by atoms with E-state index in [1.54, 1.807) is 24.3 Å². The molecule has 138 valence electrons. The molecule has 26 heavy (non-hydrogen) atoms. The molecule has 0 aromatic heterocycles. The molecule has 0 atom stereocenters. The maximum Gasteiger partial charge on any atom is 0.241 e. The zero-order valence-electron chi connectivity index (χ0n) is 14.1. The van der Waals surface area contributed by atoms with Crippen molar-refractivity contribution in [2.45, 2.75) is 11.8 Å². The second kappa shape index (κ2) is 8.31. The molecule has 0 bridgehead atoms. The summed E-state index contributed by atoms with van der Waals surface area (Å²) in [5.41, 5.74) is 0.965. The molecule has 0 aliphatic carbocycles. The van der Waals surface area contributed by atoms with Gasteiger partial charge in [0.1, 0.15) is 5.75 Å². The quantitative estimate of drug-likeness (QED) is 0.700. The Bertz CT molecular complexity index is 927. The Morgan fingerprint density at radius 2 is 1.77 bits per heavy atom. The summed E-state index contributed by atoms with van der Waals surface area (Å²) in [6.07, 6.45) is 0.